The second-order valence-corrected chi connectivity index (χ2v) is 5.99. The Morgan fingerprint density at radius 2 is 2.17 bits per heavy atom. The predicted octanol–water partition coefficient (Wildman–Crippen LogP) is -2.28. The summed E-state index contributed by atoms with van der Waals surface area (Å²) < 4.78 is 7.72. The molecule has 0 bridgehead atoms. The van der Waals surface area contributed by atoms with Crippen molar-refractivity contribution in [3.8, 4) is 0 Å². The van der Waals surface area contributed by atoms with Crippen molar-refractivity contribution in [1.82, 2.24) is 9.55 Å². The highest BCUT2D eigenvalue weighted by Gasteiger charge is 2.33. The Labute approximate surface area is 146 Å². The molecular formula is C14H25BrN4O4. The number of nitro groups is 1. The first-order valence-corrected chi connectivity index (χ1v) is 7.75. The normalized spacial score (nSPS) is 18.2. The molecule has 1 unspecified atom stereocenters. The summed E-state index contributed by atoms with van der Waals surface area (Å²) in [4.78, 5) is 14.5. The van der Waals surface area contributed by atoms with E-state index in [9.17, 15) is 15.2 Å². The lowest BCUT2D eigenvalue weighted by Gasteiger charge is -2.42. The van der Waals surface area contributed by atoms with Gasteiger partial charge in [-0.3, -0.25) is 0 Å². The third kappa shape index (κ3) is 4.97. The highest BCUT2D eigenvalue weighted by molar-refractivity contribution is 5.18. The maximum absolute atomic E-state index is 11.0. The molecule has 0 saturated carbocycles. The van der Waals surface area contributed by atoms with E-state index in [0.29, 0.717) is 25.6 Å². The van der Waals surface area contributed by atoms with Crippen LogP contribution in [-0.4, -0.2) is 69.6 Å². The van der Waals surface area contributed by atoms with Gasteiger partial charge in [-0.05, 0) is 11.3 Å². The minimum atomic E-state index is -0.642. The lowest BCUT2D eigenvalue weighted by molar-refractivity contribution is -0.937. The highest BCUT2D eigenvalue weighted by atomic mass is 79.9. The van der Waals surface area contributed by atoms with Crippen molar-refractivity contribution in [3.63, 3.8) is 0 Å². The number of halogens is 1. The molecule has 1 fully saturated rings. The van der Waals surface area contributed by atoms with Crippen LogP contribution in [0.15, 0.2) is 6.20 Å². The molecule has 0 aromatic carbocycles. The lowest BCUT2D eigenvalue weighted by atomic mass is 10.2. The average molecular weight is 393 g/mol. The first-order chi connectivity index (χ1) is 10.5. The second-order valence-electron chi connectivity index (χ2n) is 5.99. The number of nitrogens with zero attached hydrogens (tertiary/aromatic N) is 4. The van der Waals surface area contributed by atoms with Crippen molar-refractivity contribution < 1.29 is 36.2 Å². The maximum Gasteiger partial charge on any atom is 0.342 e. The Balaban J connectivity index is 0.00000264. The van der Waals surface area contributed by atoms with Crippen LogP contribution in [0.2, 0.25) is 0 Å². The molecule has 23 heavy (non-hydrogen) atoms. The summed E-state index contributed by atoms with van der Waals surface area (Å²) in [6.45, 7) is 8.81. The maximum atomic E-state index is 11.0. The largest absolute Gasteiger partial charge is 1.00 e. The van der Waals surface area contributed by atoms with Crippen LogP contribution in [0.25, 0.3) is 0 Å². The minimum absolute atomic E-state index is 0. The van der Waals surface area contributed by atoms with E-state index in [-0.39, 0.29) is 29.3 Å². The molecule has 0 radical (unpaired) electrons. The fraction of sp³-hybridized carbons (Fsp3) is 0.786. The first kappa shape index (κ1) is 20.0. The first-order valence-electron chi connectivity index (χ1n) is 7.75. The fourth-order valence-corrected chi connectivity index (χ4v) is 3.25. The molecule has 0 spiro atoms. The van der Waals surface area contributed by atoms with Crippen molar-refractivity contribution >= 4 is 5.82 Å². The van der Waals surface area contributed by atoms with E-state index < -0.39 is 11.0 Å². The zero-order chi connectivity index (χ0) is 16.2. The molecule has 0 aliphatic carbocycles. The van der Waals surface area contributed by atoms with Gasteiger partial charge in [0.25, 0.3) is 0 Å². The van der Waals surface area contributed by atoms with Gasteiger partial charge in [-0.1, -0.05) is 6.92 Å². The summed E-state index contributed by atoms with van der Waals surface area (Å²) in [6.07, 6.45) is 1.64. The van der Waals surface area contributed by atoms with Gasteiger partial charge >= 0.3 is 5.82 Å². The zero-order valence-electron chi connectivity index (χ0n) is 13.7. The SMILES string of the molecule is CCC[N+]1(CC(O)Cn2c([N+](=O)[O-])cnc2C)CCOCC1.[Br-]. The van der Waals surface area contributed by atoms with E-state index in [1.807, 2.05) is 0 Å². The number of aryl methyl sites for hydroxylation is 1. The Morgan fingerprint density at radius 3 is 2.74 bits per heavy atom. The van der Waals surface area contributed by atoms with Gasteiger partial charge in [0.2, 0.25) is 0 Å². The summed E-state index contributed by atoms with van der Waals surface area (Å²) in [5.74, 6) is 0.482. The monoisotopic (exact) mass is 392 g/mol. The van der Waals surface area contributed by atoms with Crippen molar-refractivity contribution in [2.45, 2.75) is 32.9 Å². The van der Waals surface area contributed by atoms with Crippen LogP contribution >= 0.6 is 0 Å². The molecular weight excluding hydrogens is 368 g/mol. The van der Waals surface area contributed by atoms with Gasteiger partial charge in [-0.15, -0.1) is 0 Å². The van der Waals surface area contributed by atoms with Crippen LogP contribution in [0.4, 0.5) is 5.82 Å². The van der Waals surface area contributed by atoms with Crippen LogP contribution in [0, 0.1) is 17.0 Å². The number of aliphatic hydroxyl groups excluding tert-OH is 1. The molecule has 2 rings (SSSR count). The van der Waals surface area contributed by atoms with E-state index >= 15 is 0 Å². The molecule has 1 aliphatic heterocycles. The molecule has 1 aromatic heterocycles. The van der Waals surface area contributed by atoms with Crippen LogP contribution in [0.1, 0.15) is 19.2 Å². The van der Waals surface area contributed by atoms with Gasteiger partial charge in [-0.2, -0.15) is 0 Å². The Bertz CT molecular complexity index is 511. The molecule has 9 heteroatoms. The van der Waals surface area contributed by atoms with E-state index in [1.165, 1.54) is 10.8 Å². The number of quaternary nitrogens is 1. The van der Waals surface area contributed by atoms with Gasteiger partial charge in [0.15, 0.2) is 5.82 Å². The highest BCUT2D eigenvalue weighted by Crippen LogP contribution is 2.18. The standard InChI is InChI=1S/C14H25N4O4.BrH/c1-3-4-18(5-7-22-8-6-18)11-13(19)10-16-12(2)15-9-14(16)17(20)21;/h9,13,19H,3-8,10-11H2,1-2H3;1H/q+1;/p-1. The molecule has 1 atom stereocenters. The van der Waals surface area contributed by atoms with Gasteiger partial charge in [-0.25, -0.2) is 9.55 Å². The third-order valence-corrected chi connectivity index (χ3v) is 4.33. The fourth-order valence-electron chi connectivity index (χ4n) is 3.25. The van der Waals surface area contributed by atoms with Gasteiger partial charge in [0, 0.05) is 6.92 Å². The zero-order valence-corrected chi connectivity index (χ0v) is 15.2. The third-order valence-electron chi connectivity index (χ3n) is 4.33. The van der Waals surface area contributed by atoms with Gasteiger partial charge < -0.3 is 41.4 Å². The van der Waals surface area contributed by atoms with Gasteiger partial charge in [0.1, 0.15) is 38.5 Å². The van der Waals surface area contributed by atoms with E-state index in [2.05, 4.69) is 11.9 Å². The van der Waals surface area contributed by atoms with E-state index in [0.717, 1.165) is 30.5 Å². The number of morpholine rings is 1. The average Bonchev–Trinajstić information content (AvgIpc) is 2.81. The number of hydrogen-bond donors (Lipinski definition) is 1. The quantitative estimate of drug-likeness (QED) is 0.320. The summed E-state index contributed by atoms with van der Waals surface area (Å²) in [5, 5.41) is 21.5. The summed E-state index contributed by atoms with van der Waals surface area (Å²) in [6, 6.07) is 0. The second kappa shape index (κ2) is 8.72. The summed E-state index contributed by atoms with van der Waals surface area (Å²) in [5.41, 5.74) is 0. The van der Waals surface area contributed by atoms with Crippen molar-refractivity contribution in [1.29, 1.82) is 0 Å². The number of hydrogen-bond acceptors (Lipinski definition) is 5. The molecule has 0 amide bonds. The van der Waals surface area contributed by atoms with Crippen LogP contribution in [0.3, 0.4) is 0 Å². The van der Waals surface area contributed by atoms with Crippen molar-refractivity contribution in [3.05, 3.63) is 22.1 Å². The molecule has 132 valence electrons. The topological polar surface area (TPSA) is 90.4 Å². The molecule has 2 heterocycles. The Morgan fingerprint density at radius 1 is 1.52 bits per heavy atom. The Kier molecular flexibility index (Phi) is 7.59. The van der Waals surface area contributed by atoms with Crippen LogP contribution in [0.5, 0.6) is 0 Å². The van der Waals surface area contributed by atoms with Crippen LogP contribution in [-0.2, 0) is 11.3 Å². The lowest BCUT2D eigenvalue weighted by Crippen LogP contribution is -3.00. The van der Waals surface area contributed by atoms with E-state index in [1.54, 1.807) is 6.92 Å². The molecule has 8 nitrogen and oxygen atoms in total. The predicted molar refractivity (Wildman–Crippen MR) is 80.5 cm³/mol. The number of aliphatic hydroxyl groups is 1. The number of aromatic nitrogens is 2. The Hall–Kier alpha value is -1.03. The van der Waals surface area contributed by atoms with E-state index in [4.69, 9.17) is 4.74 Å². The minimum Gasteiger partial charge on any atom is -1.00 e. The summed E-state index contributed by atoms with van der Waals surface area (Å²) in [7, 11) is 0. The number of rotatable bonds is 7. The molecule has 1 aromatic rings. The van der Waals surface area contributed by atoms with Gasteiger partial charge in [0.05, 0.1) is 19.8 Å². The van der Waals surface area contributed by atoms with Crippen molar-refractivity contribution in [2.24, 2.45) is 0 Å². The smallest absolute Gasteiger partial charge is 0.342 e. The number of imidazole rings is 1. The molecule has 1 N–H and O–H groups in total. The molecule has 1 saturated heterocycles. The van der Waals surface area contributed by atoms with Crippen LogP contribution < -0.4 is 17.0 Å². The van der Waals surface area contributed by atoms with Crippen molar-refractivity contribution in [2.75, 3.05) is 39.4 Å². The summed E-state index contributed by atoms with van der Waals surface area (Å²) >= 11 is 0. The molecule has 1 aliphatic rings. The number of ether oxygens (including phenoxy) is 1.